The molecule has 1 aliphatic rings. The number of rotatable bonds is 2. The molecule has 0 aromatic heterocycles. The lowest BCUT2D eigenvalue weighted by atomic mass is 9.96. The highest BCUT2D eigenvalue weighted by atomic mass is 32.1. The Morgan fingerprint density at radius 2 is 1.93 bits per heavy atom. The van der Waals surface area contributed by atoms with Gasteiger partial charge in [-0.3, -0.25) is 0 Å². The van der Waals surface area contributed by atoms with Gasteiger partial charge in [0.05, 0.1) is 13.2 Å². The minimum absolute atomic E-state index is 0.123. The van der Waals surface area contributed by atoms with Crippen LogP contribution >= 0.6 is 12.6 Å². The molecular weight excluding hydrogens is 224 g/mol. The third-order valence-corrected chi connectivity index (χ3v) is 2.69. The lowest BCUT2D eigenvalue weighted by Crippen LogP contribution is -2.60. The second-order valence-corrected chi connectivity index (χ2v) is 3.64. The molecule has 5 atom stereocenters. The van der Waals surface area contributed by atoms with E-state index in [1.54, 1.807) is 0 Å². The fraction of sp³-hybridized carbons (Fsp3) is 0.875. The summed E-state index contributed by atoms with van der Waals surface area (Å²) < 4.78 is 9.47. The first kappa shape index (κ1) is 12.7. The largest absolute Gasteiger partial charge is 0.467 e. The summed E-state index contributed by atoms with van der Waals surface area (Å²) >= 11 is 3.90. The van der Waals surface area contributed by atoms with Crippen LogP contribution in [-0.2, 0) is 14.3 Å². The highest BCUT2D eigenvalue weighted by Gasteiger charge is 2.46. The van der Waals surface area contributed by atoms with Crippen LogP contribution in [-0.4, -0.2) is 64.7 Å². The van der Waals surface area contributed by atoms with E-state index in [0.29, 0.717) is 0 Å². The standard InChI is InChI=1S/C8H14O6S/c1-13-8(12)7-6(11)5(10)4(9)3(2-15)14-7/h3-7,9-11,15H,2H2,1H3/t3-,4?,5+,6-,7?/m0/s1. The quantitative estimate of drug-likeness (QED) is 0.326. The highest BCUT2D eigenvalue weighted by molar-refractivity contribution is 7.80. The number of carbonyl (C=O) groups excluding carboxylic acids is 1. The van der Waals surface area contributed by atoms with Gasteiger partial charge < -0.3 is 24.8 Å². The Labute approximate surface area is 92.2 Å². The number of carbonyl (C=O) groups is 1. The molecule has 0 aliphatic carbocycles. The van der Waals surface area contributed by atoms with Gasteiger partial charge in [0.15, 0.2) is 6.10 Å². The van der Waals surface area contributed by atoms with Crippen molar-refractivity contribution in [2.45, 2.75) is 30.5 Å². The summed E-state index contributed by atoms with van der Waals surface area (Å²) in [6.07, 6.45) is -6.30. The van der Waals surface area contributed by atoms with Crippen molar-refractivity contribution in [1.82, 2.24) is 0 Å². The van der Waals surface area contributed by atoms with Crippen molar-refractivity contribution in [2.24, 2.45) is 0 Å². The van der Waals surface area contributed by atoms with E-state index in [2.05, 4.69) is 17.4 Å². The van der Waals surface area contributed by atoms with Crippen LogP contribution in [0.3, 0.4) is 0 Å². The zero-order chi connectivity index (χ0) is 11.6. The van der Waals surface area contributed by atoms with Crippen molar-refractivity contribution in [3.05, 3.63) is 0 Å². The zero-order valence-electron chi connectivity index (χ0n) is 8.11. The second-order valence-electron chi connectivity index (χ2n) is 3.27. The predicted octanol–water partition coefficient (Wildman–Crippen LogP) is -2.06. The van der Waals surface area contributed by atoms with Crippen LogP contribution in [0.4, 0.5) is 0 Å². The van der Waals surface area contributed by atoms with Gasteiger partial charge in [-0.1, -0.05) is 0 Å². The van der Waals surface area contributed by atoms with Crippen molar-refractivity contribution >= 4 is 18.6 Å². The molecule has 88 valence electrons. The van der Waals surface area contributed by atoms with E-state index < -0.39 is 36.5 Å². The van der Waals surface area contributed by atoms with E-state index in [-0.39, 0.29) is 5.75 Å². The van der Waals surface area contributed by atoms with Crippen molar-refractivity contribution in [1.29, 1.82) is 0 Å². The van der Waals surface area contributed by atoms with E-state index in [4.69, 9.17) is 4.74 Å². The number of esters is 1. The monoisotopic (exact) mass is 238 g/mol. The van der Waals surface area contributed by atoms with E-state index >= 15 is 0 Å². The van der Waals surface area contributed by atoms with Gasteiger partial charge in [0.1, 0.15) is 18.3 Å². The number of ether oxygens (including phenoxy) is 2. The van der Waals surface area contributed by atoms with Crippen molar-refractivity contribution < 1.29 is 29.6 Å². The predicted molar refractivity (Wildman–Crippen MR) is 52.6 cm³/mol. The molecule has 0 aromatic carbocycles. The van der Waals surface area contributed by atoms with E-state index in [9.17, 15) is 20.1 Å². The van der Waals surface area contributed by atoms with E-state index in [1.807, 2.05) is 0 Å². The third kappa shape index (κ3) is 2.43. The Kier molecular flexibility index (Phi) is 4.35. The minimum atomic E-state index is -1.50. The average Bonchev–Trinajstić information content (AvgIpc) is 2.25. The number of aliphatic hydroxyl groups is 3. The molecular formula is C8H14O6S. The summed E-state index contributed by atoms with van der Waals surface area (Å²) in [5.74, 6) is -0.668. The molecule has 1 rings (SSSR count). The molecule has 3 N–H and O–H groups in total. The van der Waals surface area contributed by atoms with E-state index in [1.165, 1.54) is 0 Å². The molecule has 1 fully saturated rings. The van der Waals surface area contributed by atoms with Gasteiger partial charge in [-0.15, -0.1) is 0 Å². The molecule has 0 amide bonds. The fourth-order valence-corrected chi connectivity index (χ4v) is 1.71. The summed E-state index contributed by atoms with van der Waals surface area (Å²) in [6.45, 7) is 0. The number of hydrogen-bond acceptors (Lipinski definition) is 7. The third-order valence-electron chi connectivity index (χ3n) is 2.33. The minimum Gasteiger partial charge on any atom is -0.467 e. The van der Waals surface area contributed by atoms with Crippen LogP contribution < -0.4 is 0 Å². The summed E-state index contributed by atoms with van der Waals surface area (Å²) in [6, 6.07) is 0. The average molecular weight is 238 g/mol. The van der Waals surface area contributed by atoms with Crippen LogP contribution in [0.15, 0.2) is 0 Å². The smallest absolute Gasteiger partial charge is 0.337 e. The van der Waals surface area contributed by atoms with E-state index in [0.717, 1.165) is 7.11 Å². The zero-order valence-corrected chi connectivity index (χ0v) is 9.00. The molecule has 1 saturated heterocycles. The van der Waals surface area contributed by atoms with Crippen LogP contribution in [0.5, 0.6) is 0 Å². The molecule has 2 unspecified atom stereocenters. The Balaban J connectivity index is 2.78. The van der Waals surface area contributed by atoms with Crippen LogP contribution in [0, 0.1) is 0 Å². The van der Waals surface area contributed by atoms with Crippen LogP contribution in [0.25, 0.3) is 0 Å². The van der Waals surface area contributed by atoms with Crippen molar-refractivity contribution in [3.63, 3.8) is 0 Å². The summed E-state index contributed by atoms with van der Waals surface area (Å²) in [5, 5.41) is 28.3. The van der Waals surface area contributed by atoms with Gasteiger partial charge in [-0.05, 0) is 0 Å². The van der Waals surface area contributed by atoms with Gasteiger partial charge in [0.2, 0.25) is 0 Å². The Morgan fingerprint density at radius 1 is 1.33 bits per heavy atom. The molecule has 1 heterocycles. The topological polar surface area (TPSA) is 96.2 Å². The Bertz CT molecular complexity index is 233. The number of aliphatic hydroxyl groups excluding tert-OH is 3. The lowest BCUT2D eigenvalue weighted by molar-refractivity contribution is -0.224. The maximum Gasteiger partial charge on any atom is 0.337 e. The normalized spacial score (nSPS) is 41.3. The molecule has 0 radical (unpaired) electrons. The molecule has 7 heteroatoms. The fourth-order valence-electron chi connectivity index (χ4n) is 1.41. The second kappa shape index (κ2) is 5.13. The molecule has 0 saturated carbocycles. The van der Waals surface area contributed by atoms with Crippen molar-refractivity contribution in [2.75, 3.05) is 12.9 Å². The number of thiol groups is 1. The van der Waals surface area contributed by atoms with Gasteiger partial charge in [0.25, 0.3) is 0 Å². The SMILES string of the molecule is COC(=O)C1O[C@@H](CS)C(O)[C@@H](O)[C@@H]1O. The maximum atomic E-state index is 11.2. The Hall–Kier alpha value is -0.340. The highest BCUT2D eigenvalue weighted by Crippen LogP contribution is 2.22. The first-order chi connectivity index (χ1) is 7.02. The number of hydrogen-bond donors (Lipinski definition) is 4. The Morgan fingerprint density at radius 3 is 2.40 bits per heavy atom. The molecule has 0 aromatic rings. The van der Waals surface area contributed by atoms with Crippen molar-refractivity contribution in [3.8, 4) is 0 Å². The lowest BCUT2D eigenvalue weighted by Gasteiger charge is -2.38. The molecule has 6 nitrogen and oxygen atoms in total. The first-order valence-corrected chi connectivity index (χ1v) is 5.04. The van der Waals surface area contributed by atoms with Gasteiger partial charge in [-0.2, -0.15) is 12.6 Å². The van der Waals surface area contributed by atoms with Gasteiger partial charge in [-0.25, -0.2) is 4.79 Å². The summed E-state index contributed by atoms with van der Waals surface area (Å²) in [7, 11) is 1.14. The first-order valence-electron chi connectivity index (χ1n) is 4.41. The molecule has 0 spiro atoms. The summed E-state index contributed by atoms with van der Waals surface area (Å²) in [4.78, 5) is 11.2. The number of methoxy groups -OCH3 is 1. The van der Waals surface area contributed by atoms with Crippen LogP contribution in [0.2, 0.25) is 0 Å². The molecule has 15 heavy (non-hydrogen) atoms. The molecule has 0 bridgehead atoms. The molecule has 1 aliphatic heterocycles. The van der Waals surface area contributed by atoms with Gasteiger partial charge in [0, 0.05) is 5.75 Å². The summed E-state index contributed by atoms with van der Waals surface area (Å²) in [5.41, 5.74) is 0. The van der Waals surface area contributed by atoms with Crippen LogP contribution in [0.1, 0.15) is 0 Å². The maximum absolute atomic E-state index is 11.2. The van der Waals surface area contributed by atoms with Gasteiger partial charge >= 0.3 is 5.97 Å².